The van der Waals surface area contributed by atoms with E-state index in [1.807, 2.05) is 20.8 Å². The van der Waals surface area contributed by atoms with Crippen LogP contribution in [0.5, 0.6) is 0 Å². The first-order valence-corrected chi connectivity index (χ1v) is 8.91. The molecule has 0 unspecified atom stereocenters. The highest BCUT2D eigenvalue weighted by molar-refractivity contribution is 5.75. The van der Waals surface area contributed by atoms with E-state index in [-0.39, 0.29) is 5.91 Å². The molecule has 1 fully saturated rings. The zero-order valence-corrected chi connectivity index (χ0v) is 15.7. The molecule has 0 aromatic heterocycles. The van der Waals surface area contributed by atoms with Gasteiger partial charge in [-0.1, -0.05) is 0 Å². The molecule has 1 saturated heterocycles. The van der Waals surface area contributed by atoms with Gasteiger partial charge in [-0.15, -0.1) is 0 Å². The van der Waals surface area contributed by atoms with Crippen LogP contribution in [0.1, 0.15) is 40.0 Å². The van der Waals surface area contributed by atoms with E-state index in [9.17, 15) is 9.59 Å². The number of carbonyl (C=O) groups is 2. The van der Waals surface area contributed by atoms with Crippen LogP contribution in [0.3, 0.4) is 0 Å². The van der Waals surface area contributed by atoms with Crippen LogP contribution < -0.4 is 10.6 Å². The second-order valence-electron chi connectivity index (χ2n) is 7.38. The molecule has 0 atom stereocenters. The van der Waals surface area contributed by atoms with Crippen LogP contribution >= 0.6 is 0 Å². The minimum Gasteiger partial charge on any atom is -0.444 e. The maximum Gasteiger partial charge on any atom is 0.407 e. The molecule has 2 N–H and O–H groups in total. The van der Waals surface area contributed by atoms with Crippen molar-refractivity contribution >= 4 is 12.0 Å². The van der Waals surface area contributed by atoms with E-state index in [0.29, 0.717) is 25.9 Å². The summed E-state index contributed by atoms with van der Waals surface area (Å²) in [5.41, 5.74) is -0.495. The van der Waals surface area contributed by atoms with E-state index < -0.39 is 11.7 Å². The van der Waals surface area contributed by atoms with E-state index in [4.69, 9.17) is 4.74 Å². The lowest BCUT2D eigenvalue weighted by Gasteiger charge is -2.32. The first-order valence-electron chi connectivity index (χ1n) is 8.91. The van der Waals surface area contributed by atoms with Crippen molar-refractivity contribution in [2.45, 2.75) is 45.6 Å². The molecule has 0 aliphatic carbocycles. The number of nitrogens with one attached hydrogen (secondary N) is 2. The lowest BCUT2D eigenvalue weighted by molar-refractivity contribution is -0.121. The van der Waals surface area contributed by atoms with Crippen LogP contribution in [0.4, 0.5) is 4.79 Å². The molecule has 140 valence electrons. The second kappa shape index (κ2) is 10.5. The first-order chi connectivity index (χ1) is 11.3. The van der Waals surface area contributed by atoms with Gasteiger partial charge in [0.15, 0.2) is 0 Å². The van der Waals surface area contributed by atoms with E-state index in [0.717, 1.165) is 39.1 Å². The maximum absolute atomic E-state index is 11.7. The van der Waals surface area contributed by atoms with Crippen LogP contribution in [-0.2, 0) is 9.53 Å². The summed E-state index contributed by atoms with van der Waals surface area (Å²) >= 11 is 0. The van der Waals surface area contributed by atoms with Crippen LogP contribution in [-0.4, -0.2) is 80.3 Å². The lowest BCUT2D eigenvalue weighted by atomic mass is 10.2. The third kappa shape index (κ3) is 10.4. The van der Waals surface area contributed by atoms with Crippen molar-refractivity contribution in [1.82, 2.24) is 20.4 Å². The van der Waals surface area contributed by atoms with Crippen LogP contribution in [0.2, 0.25) is 0 Å². The number of amides is 2. The fourth-order valence-electron chi connectivity index (χ4n) is 2.44. The highest BCUT2D eigenvalue weighted by Crippen LogP contribution is 2.06. The molecular weight excluding hydrogens is 308 g/mol. The van der Waals surface area contributed by atoms with Gasteiger partial charge in [0.25, 0.3) is 0 Å². The van der Waals surface area contributed by atoms with Gasteiger partial charge in [-0.2, -0.15) is 0 Å². The molecule has 0 saturated carbocycles. The van der Waals surface area contributed by atoms with Gasteiger partial charge in [0.05, 0.1) is 0 Å². The summed E-state index contributed by atoms with van der Waals surface area (Å²) in [6.45, 7) is 12.1. The van der Waals surface area contributed by atoms with Crippen molar-refractivity contribution in [2.75, 3.05) is 52.9 Å². The minimum atomic E-state index is -0.495. The number of hydrogen-bond acceptors (Lipinski definition) is 5. The number of piperazine rings is 1. The molecule has 0 aromatic rings. The molecule has 7 heteroatoms. The summed E-state index contributed by atoms with van der Waals surface area (Å²) in [4.78, 5) is 28.0. The average molecular weight is 342 g/mol. The van der Waals surface area contributed by atoms with E-state index >= 15 is 0 Å². The summed E-state index contributed by atoms with van der Waals surface area (Å²) in [5.74, 6) is 0.0411. The Morgan fingerprint density at radius 2 is 1.62 bits per heavy atom. The van der Waals surface area contributed by atoms with Crippen molar-refractivity contribution in [3.05, 3.63) is 0 Å². The molecule has 1 aliphatic heterocycles. The smallest absolute Gasteiger partial charge is 0.407 e. The van der Waals surface area contributed by atoms with E-state index in [2.05, 4.69) is 27.5 Å². The molecule has 2 amide bonds. The number of rotatable bonds is 8. The number of likely N-dealkylation sites (N-methyl/N-ethyl adjacent to an activating group) is 1. The Kier molecular flexibility index (Phi) is 9.07. The predicted octanol–water partition coefficient (Wildman–Crippen LogP) is 1.05. The summed E-state index contributed by atoms with van der Waals surface area (Å²) in [7, 11) is 2.15. The van der Waals surface area contributed by atoms with Gasteiger partial charge in [-0.05, 0) is 47.2 Å². The highest BCUT2D eigenvalue weighted by Gasteiger charge is 2.15. The summed E-state index contributed by atoms with van der Waals surface area (Å²) < 4.78 is 5.13. The standard InChI is InChI=1S/C17H34N4O3/c1-17(2,3)24-16(23)19-8-5-7-15(22)18-9-6-10-21-13-11-20(4)12-14-21/h5-14H2,1-4H3,(H,18,22)(H,19,23). The SMILES string of the molecule is CN1CCN(CCCNC(=O)CCCNC(=O)OC(C)(C)C)CC1. The van der Waals surface area contributed by atoms with Gasteiger partial charge in [0, 0.05) is 45.7 Å². The number of hydrogen-bond donors (Lipinski definition) is 2. The topological polar surface area (TPSA) is 73.9 Å². The molecule has 7 nitrogen and oxygen atoms in total. The summed E-state index contributed by atoms with van der Waals surface area (Å²) in [6, 6.07) is 0. The third-order valence-corrected chi connectivity index (χ3v) is 3.82. The molecule has 0 aromatic carbocycles. The number of nitrogens with zero attached hydrogens (tertiary/aromatic N) is 2. The molecular formula is C17H34N4O3. The predicted molar refractivity (Wildman–Crippen MR) is 95.0 cm³/mol. The first kappa shape index (κ1) is 20.7. The monoisotopic (exact) mass is 342 g/mol. The lowest BCUT2D eigenvalue weighted by Crippen LogP contribution is -2.45. The van der Waals surface area contributed by atoms with Crippen molar-refractivity contribution in [3.63, 3.8) is 0 Å². The zero-order valence-electron chi connectivity index (χ0n) is 15.7. The Morgan fingerprint density at radius 1 is 1.00 bits per heavy atom. The van der Waals surface area contributed by atoms with Gasteiger partial charge < -0.3 is 25.2 Å². The fraction of sp³-hybridized carbons (Fsp3) is 0.882. The second-order valence-corrected chi connectivity index (χ2v) is 7.38. The molecule has 1 aliphatic rings. The van der Waals surface area contributed by atoms with Crippen LogP contribution in [0, 0.1) is 0 Å². The molecule has 0 bridgehead atoms. The number of carbonyl (C=O) groups excluding carboxylic acids is 2. The normalized spacial score (nSPS) is 16.7. The number of alkyl carbamates (subject to hydrolysis) is 1. The Balaban J connectivity index is 1.96. The maximum atomic E-state index is 11.7. The molecule has 24 heavy (non-hydrogen) atoms. The number of ether oxygens (including phenoxy) is 1. The Morgan fingerprint density at radius 3 is 2.25 bits per heavy atom. The average Bonchev–Trinajstić information content (AvgIpc) is 2.48. The van der Waals surface area contributed by atoms with Gasteiger partial charge >= 0.3 is 6.09 Å². The molecule has 0 spiro atoms. The molecule has 1 rings (SSSR count). The van der Waals surface area contributed by atoms with Crippen molar-refractivity contribution < 1.29 is 14.3 Å². The molecule has 0 radical (unpaired) electrons. The Hall–Kier alpha value is -1.34. The minimum absolute atomic E-state index is 0.0411. The van der Waals surface area contributed by atoms with Crippen LogP contribution in [0.25, 0.3) is 0 Å². The van der Waals surface area contributed by atoms with Crippen LogP contribution in [0.15, 0.2) is 0 Å². The highest BCUT2D eigenvalue weighted by atomic mass is 16.6. The van der Waals surface area contributed by atoms with Gasteiger partial charge in [0.1, 0.15) is 5.60 Å². The van der Waals surface area contributed by atoms with Gasteiger partial charge in [-0.25, -0.2) is 4.79 Å². The van der Waals surface area contributed by atoms with Gasteiger partial charge in [0.2, 0.25) is 5.91 Å². The van der Waals surface area contributed by atoms with Crippen molar-refractivity contribution in [1.29, 1.82) is 0 Å². The Labute approximate surface area is 146 Å². The fourth-order valence-corrected chi connectivity index (χ4v) is 2.44. The molecule has 1 heterocycles. The Bertz CT molecular complexity index is 388. The van der Waals surface area contributed by atoms with E-state index in [1.54, 1.807) is 0 Å². The van der Waals surface area contributed by atoms with E-state index in [1.165, 1.54) is 0 Å². The summed E-state index contributed by atoms with van der Waals surface area (Å²) in [5, 5.41) is 5.59. The van der Waals surface area contributed by atoms with Crippen molar-refractivity contribution in [2.24, 2.45) is 0 Å². The largest absolute Gasteiger partial charge is 0.444 e. The third-order valence-electron chi connectivity index (χ3n) is 3.82. The summed E-state index contributed by atoms with van der Waals surface area (Å²) in [6.07, 6.45) is 1.58. The zero-order chi connectivity index (χ0) is 18.0. The van der Waals surface area contributed by atoms with Gasteiger partial charge in [-0.3, -0.25) is 4.79 Å². The van der Waals surface area contributed by atoms with Crippen molar-refractivity contribution in [3.8, 4) is 0 Å². The quantitative estimate of drug-likeness (QED) is 0.645.